The summed E-state index contributed by atoms with van der Waals surface area (Å²) in [7, 11) is 0. The zero-order valence-electron chi connectivity index (χ0n) is 10.00. The normalized spacial score (nSPS) is 12.1. The van der Waals surface area contributed by atoms with Crippen LogP contribution in [-0.2, 0) is 10.9 Å². The molecule has 0 aromatic carbocycles. The van der Waals surface area contributed by atoms with Crippen molar-refractivity contribution in [2.75, 3.05) is 5.32 Å². The average Bonchev–Trinajstić information content (AvgIpc) is 2.13. The van der Waals surface area contributed by atoms with Crippen molar-refractivity contribution in [1.29, 1.82) is 0 Å². The highest BCUT2D eigenvalue weighted by Gasteiger charge is 2.33. The zero-order chi connectivity index (χ0) is 14.0. The van der Waals surface area contributed by atoms with Crippen LogP contribution in [0, 0.1) is 0 Å². The smallest absolute Gasteiger partial charge is 0.433 e. The van der Waals surface area contributed by atoms with E-state index in [-0.39, 0.29) is 0 Å². The fourth-order valence-corrected chi connectivity index (χ4v) is 0.972. The number of aromatic nitrogens is 2. The summed E-state index contributed by atoms with van der Waals surface area (Å²) in [6, 6.07) is 0.709. The second kappa shape index (κ2) is 4.79. The molecule has 1 heterocycles. The Morgan fingerprint density at radius 2 is 1.94 bits per heavy atom. The Hall–Kier alpha value is -1.86. The molecule has 1 N–H and O–H groups in total. The van der Waals surface area contributed by atoms with E-state index in [9.17, 15) is 18.0 Å². The van der Waals surface area contributed by atoms with E-state index >= 15 is 0 Å². The Balaban J connectivity index is 2.77. The number of halogens is 3. The van der Waals surface area contributed by atoms with Crippen LogP contribution in [0.1, 0.15) is 26.5 Å². The highest BCUT2D eigenvalue weighted by atomic mass is 19.4. The second-order valence-electron chi connectivity index (χ2n) is 4.39. The number of anilines is 1. The summed E-state index contributed by atoms with van der Waals surface area (Å²) >= 11 is 0. The fourth-order valence-electron chi connectivity index (χ4n) is 0.972. The molecule has 18 heavy (non-hydrogen) atoms. The largest absolute Gasteiger partial charge is 0.444 e. The molecule has 8 heteroatoms. The number of carbonyl (C=O) groups excluding carboxylic acids is 1. The summed E-state index contributed by atoms with van der Waals surface area (Å²) in [5.41, 5.74) is -1.89. The first-order chi connectivity index (χ1) is 8.08. The van der Waals surface area contributed by atoms with Gasteiger partial charge in [0.05, 0.1) is 0 Å². The monoisotopic (exact) mass is 263 g/mol. The third-order valence-corrected chi connectivity index (χ3v) is 1.56. The molecule has 0 atom stereocenters. The van der Waals surface area contributed by atoms with E-state index < -0.39 is 29.5 Å². The van der Waals surface area contributed by atoms with Crippen molar-refractivity contribution in [3.63, 3.8) is 0 Å². The minimum atomic E-state index is -4.59. The molecule has 0 unspecified atom stereocenters. The predicted molar refractivity (Wildman–Crippen MR) is 56.9 cm³/mol. The molecule has 0 bridgehead atoms. The lowest BCUT2D eigenvalue weighted by molar-refractivity contribution is -0.141. The number of ether oxygens (including phenoxy) is 1. The number of nitrogens with one attached hydrogen (secondary N) is 1. The minimum absolute atomic E-state index is 0.459. The van der Waals surface area contributed by atoms with E-state index in [1.807, 2.05) is 5.32 Å². The van der Waals surface area contributed by atoms with Crippen LogP contribution >= 0.6 is 0 Å². The Morgan fingerprint density at radius 3 is 2.44 bits per heavy atom. The quantitative estimate of drug-likeness (QED) is 0.846. The number of alkyl halides is 3. The molecule has 1 aromatic rings. The van der Waals surface area contributed by atoms with Gasteiger partial charge >= 0.3 is 12.3 Å². The molecule has 1 rings (SSSR count). The van der Waals surface area contributed by atoms with Gasteiger partial charge in [-0.25, -0.2) is 14.8 Å². The first-order valence-electron chi connectivity index (χ1n) is 4.98. The Labute approximate surface area is 101 Å². The number of hydrogen-bond donors (Lipinski definition) is 1. The molecule has 0 spiro atoms. The Morgan fingerprint density at radius 1 is 1.33 bits per heavy atom. The molecule has 100 valence electrons. The molecule has 0 saturated carbocycles. The van der Waals surface area contributed by atoms with Gasteiger partial charge in [0, 0.05) is 6.20 Å². The molecule has 0 radical (unpaired) electrons. The molecular formula is C10H12F3N3O2. The second-order valence-corrected chi connectivity index (χ2v) is 4.39. The number of nitrogens with zero attached hydrogens (tertiary/aromatic N) is 2. The summed E-state index contributed by atoms with van der Waals surface area (Å²) in [5, 5.41) is 2.03. The molecule has 5 nitrogen and oxygen atoms in total. The van der Waals surface area contributed by atoms with Crippen molar-refractivity contribution in [3.8, 4) is 0 Å². The number of carbonyl (C=O) groups is 1. The van der Waals surface area contributed by atoms with Gasteiger partial charge in [-0.2, -0.15) is 13.2 Å². The molecule has 1 aromatic heterocycles. The van der Waals surface area contributed by atoms with Gasteiger partial charge in [0.25, 0.3) is 0 Å². The van der Waals surface area contributed by atoms with E-state index in [1.54, 1.807) is 20.8 Å². The van der Waals surface area contributed by atoms with Crippen molar-refractivity contribution in [2.24, 2.45) is 0 Å². The van der Waals surface area contributed by atoms with Crippen LogP contribution in [0.25, 0.3) is 0 Å². The first kappa shape index (κ1) is 14.2. The van der Waals surface area contributed by atoms with Crippen molar-refractivity contribution in [2.45, 2.75) is 32.5 Å². The van der Waals surface area contributed by atoms with E-state index in [1.165, 1.54) is 0 Å². The molecule has 0 saturated heterocycles. The van der Waals surface area contributed by atoms with Crippen molar-refractivity contribution >= 4 is 12.0 Å². The molecular weight excluding hydrogens is 251 g/mol. The van der Waals surface area contributed by atoms with Gasteiger partial charge in [0.15, 0.2) is 0 Å². The summed E-state index contributed by atoms with van der Waals surface area (Å²) < 4.78 is 41.9. The maximum absolute atomic E-state index is 12.3. The van der Waals surface area contributed by atoms with Crippen LogP contribution in [0.2, 0.25) is 0 Å². The van der Waals surface area contributed by atoms with Crippen LogP contribution in [0.5, 0.6) is 0 Å². The van der Waals surface area contributed by atoms with Crippen LogP contribution in [-0.4, -0.2) is 21.7 Å². The van der Waals surface area contributed by atoms with Crippen LogP contribution in [0.3, 0.4) is 0 Å². The van der Waals surface area contributed by atoms with Gasteiger partial charge in [-0.3, -0.25) is 5.32 Å². The third-order valence-electron chi connectivity index (χ3n) is 1.56. The lowest BCUT2D eigenvalue weighted by atomic mass is 10.2. The van der Waals surface area contributed by atoms with E-state index in [0.29, 0.717) is 6.07 Å². The third kappa shape index (κ3) is 4.56. The standard InChI is InChI=1S/C10H12F3N3O2/c1-9(2,3)18-8(17)16-7-14-5-4-6(15-7)10(11,12)13/h4-5H,1-3H3,(H,14,15,16,17). The number of amides is 1. The summed E-state index contributed by atoms with van der Waals surface area (Å²) in [6.07, 6.45) is -4.60. The predicted octanol–water partition coefficient (Wildman–Crippen LogP) is 2.84. The average molecular weight is 263 g/mol. The molecule has 0 aliphatic carbocycles. The topological polar surface area (TPSA) is 64.1 Å². The van der Waals surface area contributed by atoms with Gasteiger partial charge in [-0.05, 0) is 26.8 Å². The number of hydrogen-bond acceptors (Lipinski definition) is 4. The van der Waals surface area contributed by atoms with E-state index in [4.69, 9.17) is 4.74 Å². The highest BCUT2D eigenvalue weighted by Crippen LogP contribution is 2.27. The van der Waals surface area contributed by atoms with Crippen LogP contribution < -0.4 is 5.32 Å². The van der Waals surface area contributed by atoms with E-state index in [0.717, 1.165) is 6.20 Å². The van der Waals surface area contributed by atoms with Crippen molar-refractivity contribution in [3.05, 3.63) is 18.0 Å². The molecule has 0 aliphatic heterocycles. The van der Waals surface area contributed by atoms with Gasteiger partial charge in [0.2, 0.25) is 5.95 Å². The lowest BCUT2D eigenvalue weighted by Crippen LogP contribution is -2.28. The lowest BCUT2D eigenvalue weighted by Gasteiger charge is -2.19. The van der Waals surface area contributed by atoms with Gasteiger partial charge in [0.1, 0.15) is 11.3 Å². The SMILES string of the molecule is CC(C)(C)OC(=O)Nc1nccc(C(F)(F)F)n1. The maximum atomic E-state index is 12.3. The Bertz CT molecular complexity index is 441. The molecule has 0 aliphatic rings. The number of rotatable bonds is 1. The summed E-state index contributed by atoms with van der Waals surface area (Å²) in [4.78, 5) is 18.0. The van der Waals surface area contributed by atoms with Gasteiger partial charge in [-0.1, -0.05) is 0 Å². The van der Waals surface area contributed by atoms with Gasteiger partial charge < -0.3 is 4.74 Å². The highest BCUT2D eigenvalue weighted by molar-refractivity contribution is 5.82. The Kier molecular flexibility index (Phi) is 3.78. The fraction of sp³-hybridized carbons (Fsp3) is 0.500. The minimum Gasteiger partial charge on any atom is -0.444 e. The zero-order valence-corrected chi connectivity index (χ0v) is 10.00. The van der Waals surface area contributed by atoms with Crippen molar-refractivity contribution in [1.82, 2.24) is 9.97 Å². The van der Waals surface area contributed by atoms with E-state index in [2.05, 4.69) is 9.97 Å². The molecule has 1 amide bonds. The van der Waals surface area contributed by atoms with Crippen LogP contribution in [0.15, 0.2) is 12.3 Å². The molecule has 0 fully saturated rings. The summed E-state index contributed by atoms with van der Waals surface area (Å²) in [5.74, 6) is -0.459. The van der Waals surface area contributed by atoms with Gasteiger partial charge in [-0.15, -0.1) is 0 Å². The van der Waals surface area contributed by atoms with Crippen molar-refractivity contribution < 1.29 is 22.7 Å². The van der Waals surface area contributed by atoms with Crippen LogP contribution in [0.4, 0.5) is 23.9 Å². The first-order valence-corrected chi connectivity index (χ1v) is 4.98. The maximum Gasteiger partial charge on any atom is 0.433 e. The summed E-state index contributed by atoms with van der Waals surface area (Å²) in [6.45, 7) is 4.87.